The molecule has 2 aromatic carbocycles. The number of alkyl halides is 6. The van der Waals surface area contributed by atoms with Gasteiger partial charge >= 0.3 is 5.97 Å². The number of carbonyl (C=O) groups excluding carboxylic acids is 1. The summed E-state index contributed by atoms with van der Waals surface area (Å²) >= 11 is 42.3. The summed E-state index contributed by atoms with van der Waals surface area (Å²) in [6, 6.07) is 13.8. The molecular weight excluding hydrogens is 747 g/mol. The van der Waals surface area contributed by atoms with Crippen LogP contribution in [-0.4, -0.2) is 43.7 Å². The molecule has 1 N–H and O–H groups in total. The van der Waals surface area contributed by atoms with Crippen LogP contribution < -0.4 is 9.64 Å². The Kier molecular flexibility index (Phi) is 10.2. The van der Waals surface area contributed by atoms with Crippen molar-refractivity contribution in [2.45, 2.75) is 21.1 Å². The SMILES string of the molecule is CCN1C(=C=Cc2sc(=S)n(CCOC(=O)c3ccc(-c4nc(C(Cl)(Cl)Cl)nc(C(Cl)(Cl)Cl)n4)cc3)c2O)Oc2ccccc21. The zero-order chi connectivity index (χ0) is 32.5. The Hall–Kier alpha value is -2.57. The Labute approximate surface area is 296 Å². The minimum Gasteiger partial charge on any atom is -0.493 e. The van der Waals surface area contributed by atoms with Crippen LogP contribution in [0, 0.1) is 3.95 Å². The van der Waals surface area contributed by atoms with Crippen molar-refractivity contribution in [2.75, 3.05) is 18.1 Å². The van der Waals surface area contributed by atoms with Gasteiger partial charge in [-0.3, -0.25) is 4.57 Å². The monoisotopic (exact) mass is 763 g/mol. The molecule has 4 aromatic rings. The summed E-state index contributed by atoms with van der Waals surface area (Å²) in [4.78, 5) is 27.4. The zero-order valence-electron chi connectivity index (χ0n) is 22.8. The molecule has 45 heavy (non-hydrogen) atoms. The van der Waals surface area contributed by atoms with Crippen LogP contribution in [0.3, 0.4) is 0 Å². The number of anilines is 1. The molecule has 0 saturated carbocycles. The maximum atomic E-state index is 12.7. The van der Waals surface area contributed by atoms with Crippen molar-refractivity contribution in [2.24, 2.45) is 0 Å². The molecule has 234 valence electrons. The summed E-state index contributed by atoms with van der Waals surface area (Å²) in [5.41, 5.74) is 4.72. The number of ether oxygens (including phenoxy) is 2. The summed E-state index contributed by atoms with van der Waals surface area (Å²) in [6.07, 6.45) is 1.61. The molecular formula is C28H19Cl6N5O4S2. The van der Waals surface area contributed by atoms with E-state index in [0.717, 1.165) is 11.4 Å². The van der Waals surface area contributed by atoms with Crippen molar-refractivity contribution in [3.63, 3.8) is 0 Å². The molecule has 0 aliphatic carbocycles. The van der Waals surface area contributed by atoms with Crippen LogP contribution in [0.1, 0.15) is 33.8 Å². The van der Waals surface area contributed by atoms with E-state index in [0.29, 0.717) is 26.8 Å². The lowest BCUT2D eigenvalue weighted by atomic mass is 10.1. The van der Waals surface area contributed by atoms with E-state index in [9.17, 15) is 9.90 Å². The topological polar surface area (TPSA) is 103 Å². The van der Waals surface area contributed by atoms with Gasteiger partial charge in [0.1, 0.15) is 6.61 Å². The fraction of sp³-hybridized carbons (Fsp3) is 0.214. The van der Waals surface area contributed by atoms with Crippen molar-refractivity contribution in [1.29, 1.82) is 0 Å². The number of benzene rings is 2. The molecule has 0 atom stereocenters. The maximum absolute atomic E-state index is 12.7. The van der Waals surface area contributed by atoms with E-state index < -0.39 is 13.6 Å². The number of thiazole rings is 1. The number of hydrogen-bond donors (Lipinski definition) is 1. The Morgan fingerprint density at radius 1 is 1.04 bits per heavy atom. The highest BCUT2D eigenvalue weighted by atomic mass is 35.6. The molecule has 0 radical (unpaired) electrons. The van der Waals surface area contributed by atoms with Gasteiger partial charge in [-0.05, 0) is 43.4 Å². The van der Waals surface area contributed by atoms with Gasteiger partial charge in [-0.2, -0.15) is 0 Å². The Morgan fingerprint density at radius 2 is 1.69 bits per heavy atom. The molecule has 0 fully saturated rings. The number of para-hydroxylation sites is 2. The summed E-state index contributed by atoms with van der Waals surface area (Å²) in [7, 11) is 0. The summed E-state index contributed by atoms with van der Waals surface area (Å²) in [5.74, 6) is 0.136. The highest BCUT2D eigenvalue weighted by molar-refractivity contribution is 7.73. The molecule has 0 unspecified atom stereocenters. The highest BCUT2D eigenvalue weighted by Gasteiger charge is 2.34. The van der Waals surface area contributed by atoms with Crippen LogP contribution in [0.5, 0.6) is 11.6 Å². The molecule has 0 amide bonds. The lowest BCUT2D eigenvalue weighted by molar-refractivity contribution is 0.0488. The molecule has 0 saturated heterocycles. The predicted molar refractivity (Wildman–Crippen MR) is 180 cm³/mol. The number of aromatic hydroxyl groups is 1. The molecule has 2 aromatic heterocycles. The summed E-state index contributed by atoms with van der Waals surface area (Å²) in [6.45, 7) is 2.75. The van der Waals surface area contributed by atoms with E-state index in [4.69, 9.17) is 91.3 Å². The van der Waals surface area contributed by atoms with Gasteiger partial charge < -0.3 is 19.5 Å². The van der Waals surface area contributed by atoms with Gasteiger partial charge in [0.25, 0.3) is 0 Å². The van der Waals surface area contributed by atoms with Crippen molar-refractivity contribution >= 4 is 111 Å². The number of aromatic nitrogens is 4. The Morgan fingerprint density at radius 3 is 2.31 bits per heavy atom. The van der Waals surface area contributed by atoms with E-state index in [1.165, 1.54) is 28.0 Å². The average Bonchev–Trinajstić information content (AvgIpc) is 3.50. The van der Waals surface area contributed by atoms with Gasteiger partial charge in [0, 0.05) is 18.2 Å². The van der Waals surface area contributed by atoms with Gasteiger partial charge in [0.2, 0.25) is 19.3 Å². The van der Waals surface area contributed by atoms with Crippen molar-refractivity contribution in [1.82, 2.24) is 19.5 Å². The third kappa shape index (κ3) is 7.71. The molecule has 9 nitrogen and oxygen atoms in total. The molecule has 5 rings (SSSR count). The van der Waals surface area contributed by atoms with Crippen LogP contribution >= 0.6 is 93.2 Å². The van der Waals surface area contributed by atoms with Crippen LogP contribution in [0.2, 0.25) is 0 Å². The highest BCUT2D eigenvalue weighted by Crippen LogP contribution is 2.41. The van der Waals surface area contributed by atoms with Gasteiger partial charge in [-0.15, -0.1) is 11.3 Å². The van der Waals surface area contributed by atoms with Crippen LogP contribution in [0.15, 0.2) is 60.1 Å². The molecule has 1 aliphatic heterocycles. The van der Waals surface area contributed by atoms with Crippen molar-refractivity contribution in [3.05, 3.63) is 86.2 Å². The third-order valence-electron chi connectivity index (χ3n) is 6.21. The van der Waals surface area contributed by atoms with E-state index in [2.05, 4.69) is 20.7 Å². The third-order valence-corrected chi connectivity index (χ3v) is 8.61. The fourth-order valence-corrected chi connectivity index (χ4v) is 5.87. The predicted octanol–water partition coefficient (Wildman–Crippen LogP) is 8.72. The molecule has 17 heteroatoms. The Bertz CT molecular complexity index is 1850. The molecule has 1 aliphatic rings. The number of carbonyl (C=O) groups is 1. The number of esters is 1. The van der Waals surface area contributed by atoms with Gasteiger partial charge in [0.15, 0.2) is 27.2 Å². The summed E-state index contributed by atoms with van der Waals surface area (Å²) < 4.78 is 9.18. The molecule has 0 bridgehead atoms. The van der Waals surface area contributed by atoms with Crippen LogP contribution in [-0.2, 0) is 18.9 Å². The first-order valence-electron chi connectivity index (χ1n) is 12.9. The lowest BCUT2D eigenvalue weighted by Gasteiger charge is -2.15. The first-order chi connectivity index (χ1) is 21.3. The molecule has 3 heterocycles. The van der Waals surface area contributed by atoms with Crippen molar-refractivity contribution < 1.29 is 19.4 Å². The summed E-state index contributed by atoms with van der Waals surface area (Å²) in [5, 5.41) is 10.8. The number of nitrogens with zero attached hydrogens (tertiary/aromatic N) is 5. The Balaban J connectivity index is 1.25. The number of fused-ring (bicyclic) bond motifs is 1. The molecule has 0 spiro atoms. The first-order valence-corrected chi connectivity index (χ1v) is 16.4. The van der Waals surface area contributed by atoms with Gasteiger partial charge in [-0.1, -0.05) is 99.6 Å². The van der Waals surface area contributed by atoms with E-state index in [-0.39, 0.29) is 42.1 Å². The number of halogens is 6. The smallest absolute Gasteiger partial charge is 0.338 e. The fourth-order valence-electron chi connectivity index (χ4n) is 4.12. The van der Waals surface area contributed by atoms with E-state index in [1.54, 1.807) is 18.2 Å². The van der Waals surface area contributed by atoms with Gasteiger partial charge in [-0.25, -0.2) is 19.7 Å². The largest absolute Gasteiger partial charge is 0.493 e. The number of hydrogen-bond acceptors (Lipinski definition) is 10. The maximum Gasteiger partial charge on any atom is 0.338 e. The first kappa shape index (κ1) is 33.8. The number of rotatable bonds is 7. The lowest BCUT2D eigenvalue weighted by Crippen LogP contribution is -2.18. The zero-order valence-corrected chi connectivity index (χ0v) is 29.0. The second-order valence-electron chi connectivity index (χ2n) is 9.13. The second kappa shape index (κ2) is 13.7. The second-order valence-corrected chi connectivity index (χ2v) is 15.4. The quantitative estimate of drug-likeness (QED) is 0.0857. The van der Waals surface area contributed by atoms with E-state index >= 15 is 0 Å². The van der Waals surface area contributed by atoms with E-state index in [1.807, 2.05) is 36.1 Å². The minimum atomic E-state index is -2.01. The van der Waals surface area contributed by atoms with Crippen molar-refractivity contribution in [3.8, 4) is 23.0 Å². The standard InChI is InChI=1S/C28H19Cl6N5O4S2/c1-2-38-17-5-3-4-6-18(17)43-20(38)12-11-19-22(40)39(26(44)45-19)13-14-42-23(41)16-9-7-15(8-10-16)21-35-24(27(29,30)31)37-25(36-21)28(32,33)34/h3-11,40H,2,13-14H2,1H3. The van der Waals surface area contributed by atoms with Crippen LogP contribution in [0.25, 0.3) is 17.5 Å². The normalized spacial score (nSPS) is 12.9. The van der Waals surface area contributed by atoms with Gasteiger partial charge in [0.05, 0.1) is 22.7 Å². The average molecular weight is 766 g/mol. The van der Waals surface area contributed by atoms with Crippen LogP contribution in [0.4, 0.5) is 5.69 Å². The minimum absolute atomic E-state index is 0.0572.